The molecule has 4 nitrogen and oxygen atoms in total. The van der Waals surface area contributed by atoms with Crippen LogP contribution in [-0.2, 0) is 4.79 Å². The largest absolute Gasteiger partial charge is 0.353 e. The summed E-state index contributed by atoms with van der Waals surface area (Å²) < 4.78 is 0. The van der Waals surface area contributed by atoms with E-state index in [1.165, 1.54) is 0 Å². The summed E-state index contributed by atoms with van der Waals surface area (Å²) in [5.41, 5.74) is 0. The Morgan fingerprint density at radius 3 is 2.38 bits per heavy atom. The molecule has 4 heteroatoms. The number of amides is 1. The molecule has 0 aromatic heterocycles. The maximum Gasteiger partial charge on any atom is 0.234 e. The Bertz CT molecular complexity index is 195. The number of carbonyl (C=O) groups is 1. The third kappa shape index (κ3) is 8.68. The van der Waals surface area contributed by atoms with Crippen molar-refractivity contribution in [3.63, 3.8) is 0 Å². The summed E-state index contributed by atoms with van der Waals surface area (Å²) in [6, 6.07) is 0.650. The van der Waals surface area contributed by atoms with Gasteiger partial charge >= 0.3 is 0 Å². The van der Waals surface area contributed by atoms with E-state index in [2.05, 4.69) is 43.5 Å². The van der Waals surface area contributed by atoms with E-state index in [4.69, 9.17) is 0 Å². The normalized spacial score (nSPS) is 14.9. The number of rotatable bonds is 8. The molecule has 0 saturated carbocycles. The summed E-state index contributed by atoms with van der Waals surface area (Å²) in [6.07, 6.45) is 2.03. The highest BCUT2D eigenvalue weighted by Crippen LogP contribution is 1.92. The predicted molar refractivity (Wildman–Crippen MR) is 68.5 cm³/mol. The Kier molecular flexibility index (Phi) is 8.21. The molecule has 0 spiro atoms. The molecule has 1 amide bonds. The van der Waals surface area contributed by atoms with Crippen molar-refractivity contribution in [2.75, 3.05) is 27.2 Å². The molecule has 96 valence electrons. The van der Waals surface area contributed by atoms with Crippen LogP contribution in [0.25, 0.3) is 0 Å². The monoisotopic (exact) mass is 229 g/mol. The van der Waals surface area contributed by atoms with Gasteiger partial charge in [-0.3, -0.25) is 4.79 Å². The molecular formula is C12H27N3O. The van der Waals surface area contributed by atoms with Crippen LogP contribution in [0, 0.1) is 0 Å². The van der Waals surface area contributed by atoms with Crippen molar-refractivity contribution in [2.45, 2.75) is 45.7 Å². The van der Waals surface area contributed by atoms with E-state index in [1.54, 1.807) is 0 Å². The fraction of sp³-hybridized carbons (Fsp3) is 0.917. The standard InChI is InChI=1S/C12H27N3O/c1-6-10(2)14-12(16)9-13-11(3)7-8-15(4)5/h10-11,13H,6-9H2,1-5H3,(H,14,16). The van der Waals surface area contributed by atoms with E-state index < -0.39 is 0 Å². The van der Waals surface area contributed by atoms with Crippen LogP contribution in [0.3, 0.4) is 0 Å². The Hall–Kier alpha value is -0.610. The van der Waals surface area contributed by atoms with E-state index in [9.17, 15) is 4.79 Å². The first kappa shape index (κ1) is 15.4. The van der Waals surface area contributed by atoms with Crippen LogP contribution in [0.2, 0.25) is 0 Å². The first-order valence-electron chi connectivity index (χ1n) is 6.13. The van der Waals surface area contributed by atoms with Gasteiger partial charge in [0.25, 0.3) is 0 Å². The molecule has 0 saturated heterocycles. The molecule has 2 unspecified atom stereocenters. The molecule has 0 aliphatic rings. The van der Waals surface area contributed by atoms with Gasteiger partial charge in [0, 0.05) is 12.1 Å². The highest BCUT2D eigenvalue weighted by molar-refractivity contribution is 5.78. The second-order valence-electron chi connectivity index (χ2n) is 4.75. The van der Waals surface area contributed by atoms with E-state index in [-0.39, 0.29) is 11.9 Å². The van der Waals surface area contributed by atoms with Crippen molar-refractivity contribution in [1.29, 1.82) is 0 Å². The smallest absolute Gasteiger partial charge is 0.234 e. The Balaban J connectivity index is 3.58. The van der Waals surface area contributed by atoms with Gasteiger partial charge in [0.15, 0.2) is 0 Å². The fourth-order valence-electron chi connectivity index (χ4n) is 1.25. The van der Waals surface area contributed by atoms with Crippen molar-refractivity contribution in [2.24, 2.45) is 0 Å². The summed E-state index contributed by atoms with van der Waals surface area (Å²) in [6.45, 7) is 7.66. The second kappa shape index (κ2) is 8.53. The zero-order chi connectivity index (χ0) is 12.6. The third-order valence-electron chi connectivity index (χ3n) is 2.64. The van der Waals surface area contributed by atoms with E-state index >= 15 is 0 Å². The van der Waals surface area contributed by atoms with Crippen LogP contribution in [0.1, 0.15) is 33.6 Å². The van der Waals surface area contributed by atoms with Gasteiger partial charge < -0.3 is 15.5 Å². The number of hydrogen-bond acceptors (Lipinski definition) is 3. The summed E-state index contributed by atoms with van der Waals surface area (Å²) >= 11 is 0. The van der Waals surface area contributed by atoms with Crippen LogP contribution < -0.4 is 10.6 Å². The molecule has 0 aliphatic carbocycles. The van der Waals surface area contributed by atoms with Crippen molar-refractivity contribution >= 4 is 5.91 Å². The van der Waals surface area contributed by atoms with Gasteiger partial charge in [0.1, 0.15) is 0 Å². The molecule has 2 N–H and O–H groups in total. The van der Waals surface area contributed by atoms with Crippen LogP contribution >= 0.6 is 0 Å². The number of carbonyl (C=O) groups excluding carboxylic acids is 1. The number of nitrogens with one attached hydrogen (secondary N) is 2. The zero-order valence-electron chi connectivity index (χ0n) is 11.3. The van der Waals surface area contributed by atoms with Crippen molar-refractivity contribution in [3.05, 3.63) is 0 Å². The highest BCUT2D eigenvalue weighted by Gasteiger charge is 2.07. The highest BCUT2D eigenvalue weighted by atomic mass is 16.1. The average Bonchev–Trinajstić information content (AvgIpc) is 2.23. The van der Waals surface area contributed by atoms with E-state index in [0.29, 0.717) is 12.6 Å². The lowest BCUT2D eigenvalue weighted by atomic mass is 10.2. The number of hydrogen-bond donors (Lipinski definition) is 2. The van der Waals surface area contributed by atoms with Gasteiger partial charge in [-0.05, 0) is 47.3 Å². The topological polar surface area (TPSA) is 44.4 Å². The van der Waals surface area contributed by atoms with Gasteiger partial charge in [0.2, 0.25) is 5.91 Å². The van der Waals surface area contributed by atoms with Crippen LogP contribution in [0.5, 0.6) is 0 Å². The Labute approximate surface area is 99.8 Å². The fourth-order valence-corrected chi connectivity index (χ4v) is 1.25. The van der Waals surface area contributed by atoms with Crippen LogP contribution in [0.4, 0.5) is 0 Å². The van der Waals surface area contributed by atoms with Crippen molar-refractivity contribution in [1.82, 2.24) is 15.5 Å². The lowest BCUT2D eigenvalue weighted by Gasteiger charge is -2.17. The minimum absolute atomic E-state index is 0.0889. The minimum Gasteiger partial charge on any atom is -0.353 e. The molecule has 0 aromatic carbocycles. The molecule has 16 heavy (non-hydrogen) atoms. The maximum absolute atomic E-state index is 11.5. The molecule has 0 rings (SSSR count). The zero-order valence-corrected chi connectivity index (χ0v) is 11.3. The number of nitrogens with zero attached hydrogens (tertiary/aromatic N) is 1. The second-order valence-corrected chi connectivity index (χ2v) is 4.75. The minimum atomic E-state index is 0.0889. The average molecular weight is 229 g/mol. The Morgan fingerprint density at radius 1 is 1.25 bits per heavy atom. The molecule has 0 heterocycles. The first-order valence-corrected chi connectivity index (χ1v) is 6.13. The summed E-state index contributed by atoms with van der Waals surface area (Å²) in [5, 5.41) is 6.17. The lowest BCUT2D eigenvalue weighted by Crippen LogP contribution is -2.41. The summed E-state index contributed by atoms with van der Waals surface area (Å²) in [5.74, 6) is 0.0889. The predicted octanol–water partition coefficient (Wildman–Crippen LogP) is 0.831. The van der Waals surface area contributed by atoms with Gasteiger partial charge in [0.05, 0.1) is 6.54 Å². The molecule has 0 fully saturated rings. The lowest BCUT2D eigenvalue weighted by molar-refractivity contribution is -0.121. The van der Waals surface area contributed by atoms with Crippen molar-refractivity contribution < 1.29 is 4.79 Å². The van der Waals surface area contributed by atoms with E-state index in [0.717, 1.165) is 19.4 Å². The maximum atomic E-state index is 11.5. The molecule has 0 radical (unpaired) electrons. The molecule has 0 aliphatic heterocycles. The molecule has 0 aromatic rings. The quantitative estimate of drug-likeness (QED) is 0.648. The van der Waals surface area contributed by atoms with Crippen molar-refractivity contribution in [3.8, 4) is 0 Å². The SMILES string of the molecule is CCC(C)NC(=O)CNC(C)CCN(C)C. The summed E-state index contributed by atoms with van der Waals surface area (Å²) in [7, 11) is 4.12. The van der Waals surface area contributed by atoms with Crippen LogP contribution in [-0.4, -0.2) is 50.1 Å². The third-order valence-corrected chi connectivity index (χ3v) is 2.64. The van der Waals surface area contributed by atoms with Gasteiger partial charge in [-0.15, -0.1) is 0 Å². The van der Waals surface area contributed by atoms with Crippen LogP contribution in [0.15, 0.2) is 0 Å². The van der Waals surface area contributed by atoms with E-state index in [1.807, 2.05) is 6.92 Å². The molecule has 2 atom stereocenters. The Morgan fingerprint density at radius 2 is 1.88 bits per heavy atom. The first-order chi connectivity index (χ1) is 7.45. The molecule has 0 bridgehead atoms. The summed E-state index contributed by atoms with van der Waals surface area (Å²) in [4.78, 5) is 13.6. The van der Waals surface area contributed by atoms with Gasteiger partial charge in [-0.25, -0.2) is 0 Å². The molecular weight excluding hydrogens is 202 g/mol. The van der Waals surface area contributed by atoms with Gasteiger partial charge in [-0.2, -0.15) is 0 Å². The van der Waals surface area contributed by atoms with Gasteiger partial charge in [-0.1, -0.05) is 6.92 Å².